The Morgan fingerprint density at radius 2 is 2.04 bits per heavy atom. The number of rotatable bonds is 3. The lowest BCUT2D eigenvalue weighted by atomic mass is 10.2. The normalized spacial score (nSPS) is 12.6. The van der Waals surface area contributed by atoms with Crippen LogP contribution in [0.2, 0.25) is 5.02 Å². The second-order valence-corrected chi connectivity index (χ2v) is 6.69. The van der Waals surface area contributed by atoms with E-state index in [4.69, 9.17) is 21.1 Å². The zero-order valence-corrected chi connectivity index (χ0v) is 13.8. The zero-order valence-electron chi connectivity index (χ0n) is 12.3. The molecule has 0 atom stereocenters. The van der Waals surface area contributed by atoms with Gasteiger partial charge in [0.1, 0.15) is 10.7 Å². The first kappa shape index (κ1) is 15.2. The van der Waals surface area contributed by atoms with Crippen LogP contribution in [-0.2, 0) is 6.54 Å². The van der Waals surface area contributed by atoms with Crippen LogP contribution in [0.25, 0.3) is 10.1 Å². The van der Waals surface area contributed by atoms with E-state index in [0.29, 0.717) is 38.0 Å². The smallest absolute Gasteiger partial charge is 0.263 e. The molecule has 122 valence electrons. The summed E-state index contributed by atoms with van der Waals surface area (Å²) in [6, 6.07) is 9.77. The van der Waals surface area contributed by atoms with Gasteiger partial charge >= 0.3 is 0 Å². The van der Waals surface area contributed by atoms with Crippen molar-refractivity contribution in [2.45, 2.75) is 6.54 Å². The van der Waals surface area contributed by atoms with Gasteiger partial charge < -0.3 is 14.8 Å². The van der Waals surface area contributed by atoms with Gasteiger partial charge in [-0.05, 0) is 35.9 Å². The van der Waals surface area contributed by atoms with E-state index in [9.17, 15) is 9.18 Å². The highest BCUT2D eigenvalue weighted by molar-refractivity contribution is 7.21. The highest BCUT2D eigenvalue weighted by atomic mass is 35.5. The molecule has 1 aliphatic rings. The third-order valence-corrected chi connectivity index (χ3v) is 5.34. The van der Waals surface area contributed by atoms with E-state index in [1.54, 1.807) is 12.1 Å². The van der Waals surface area contributed by atoms with Gasteiger partial charge in [0.05, 0.1) is 5.02 Å². The van der Waals surface area contributed by atoms with Crippen molar-refractivity contribution in [3.05, 3.63) is 57.7 Å². The molecule has 0 fully saturated rings. The van der Waals surface area contributed by atoms with E-state index in [-0.39, 0.29) is 18.5 Å². The van der Waals surface area contributed by atoms with E-state index >= 15 is 0 Å². The number of hydrogen-bond donors (Lipinski definition) is 1. The van der Waals surface area contributed by atoms with Crippen LogP contribution in [0.1, 0.15) is 15.2 Å². The van der Waals surface area contributed by atoms with Crippen LogP contribution in [-0.4, -0.2) is 12.7 Å². The molecule has 4 nitrogen and oxygen atoms in total. The maximum atomic E-state index is 13.3. The highest BCUT2D eigenvalue weighted by Crippen LogP contribution is 2.36. The molecule has 7 heteroatoms. The summed E-state index contributed by atoms with van der Waals surface area (Å²) in [5, 5.41) is 3.84. The van der Waals surface area contributed by atoms with Gasteiger partial charge in [-0.15, -0.1) is 11.3 Å². The topological polar surface area (TPSA) is 47.6 Å². The molecule has 24 heavy (non-hydrogen) atoms. The Morgan fingerprint density at radius 1 is 1.21 bits per heavy atom. The molecule has 4 rings (SSSR count). The largest absolute Gasteiger partial charge is 0.454 e. The fourth-order valence-electron chi connectivity index (χ4n) is 2.50. The van der Waals surface area contributed by atoms with E-state index in [1.807, 2.05) is 12.1 Å². The van der Waals surface area contributed by atoms with Gasteiger partial charge in [0.15, 0.2) is 11.5 Å². The van der Waals surface area contributed by atoms with Crippen LogP contribution in [0.5, 0.6) is 11.5 Å². The Morgan fingerprint density at radius 3 is 2.92 bits per heavy atom. The molecule has 1 amide bonds. The van der Waals surface area contributed by atoms with Crippen molar-refractivity contribution in [2.75, 3.05) is 6.79 Å². The molecule has 1 aromatic heterocycles. The Balaban J connectivity index is 1.53. The number of ether oxygens (including phenoxy) is 2. The molecule has 2 heterocycles. The number of nitrogens with one attached hydrogen (secondary N) is 1. The van der Waals surface area contributed by atoms with Crippen molar-refractivity contribution in [1.29, 1.82) is 0 Å². The minimum atomic E-state index is -0.354. The van der Waals surface area contributed by atoms with Crippen LogP contribution in [0.15, 0.2) is 36.4 Å². The van der Waals surface area contributed by atoms with Gasteiger partial charge in [-0.3, -0.25) is 4.79 Å². The molecule has 0 aliphatic carbocycles. The predicted octanol–water partition coefficient (Wildman–Crippen LogP) is 4.35. The number of carbonyl (C=O) groups is 1. The van der Waals surface area contributed by atoms with Gasteiger partial charge in [0.2, 0.25) is 6.79 Å². The zero-order chi connectivity index (χ0) is 16.7. The summed E-state index contributed by atoms with van der Waals surface area (Å²) >= 11 is 7.43. The average Bonchev–Trinajstić information content (AvgIpc) is 3.16. The van der Waals surface area contributed by atoms with Crippen molar-refractivity contribution in [3.8, 4) is 11.5 Å². The summed E-state index contributed by atoms with van der Waals surface area (Å²) < 4.78 is 24.5. The quantitative estimate of drug-likeness (QED) is 0.752. The molecular weight excluding hydrogens is 353 g/mol. The minimum absolute atomic E-state index is 0.207. The molecule has 0 unspecified atom stereocenters. The first-order chi connectivity index (χ1) is 11.6. The summed E-state index contributed by atoms with van der Waals surface area (Å²) in [7, 11) is 0. The van der Waals surface area contributed by atoms with Gasteiger partial charge in [0, 0.05) is 16.6 Å². The molecule has 2 aromatic carbocycles. The molecule has 1 N–H and O–H groups in total. The maximum absolute atomic E-state index is 13.3. The molecule has 1 aliphatic heterocycles. The summed E-state index contributed by atoms with van der Waals surface area (Å²) in [6.45, 7) is 0.535. The molecule has 0 bridgehead atoms. The number of benzene rings is 2. The third kappa shape index (κ3) is 2.68. The molecule has 3 aromatic rings. The van der Waals surface area contributed by atoms with Crippen LogP contribution in [0, 0.1) is 5.82 Å². The van der Waals surface area contributed by atoms with E-state index in [2.05, 4.69) is 5.32 Å². The van der Waals surface area contributed by atoms with Crippen LogP contribution in [0.3, 0.4) is 0 Å². The second-order valence-electron chi connectivity index (χ2n) is 5.26. The van der Waals surface area contributed by atoms with Gasteiger partial charge in [0.25, 0.3) is 5.91 Å². The molecule has 0 radical (unpaired) electrons. The van der Waals surface area contributed by atoms with E-state index in [1.165, 1.54) is 23.5 Å². The lowest BCUT2D eigenvalue weighted by Crippen LogP contribution is -2.22. The third-order valence-electron chi connectivity index (χ3n) is 3.69. The van der Waals surface area contributed by atoms with Gasteiger partial charge in [-0.25, -0.2) is 4.39 Å². The van der Waals surface area contributed by atoms with Crippen LogP contribution < -0.4 is 14.8 Å². The van der Waals surface area contributed by atoms with Crippen molar-refractivity contribution in [1.82, 2.24) is 5.32 Å². The summed E-state index contributed by atoms with van der Waals surface area (Å²) in [6.07, 6.45) is 0. The summed E-state index contributed by atoms with van der Waals surface area (Å²) in [5.74, 6) is 0.712. The Kier molecular flexibility index (Phi) is 3.78. The Bertz CT molecular complexity index is 956. The van der Waals surface area contributed by atoms with Crippen LogP contribution in [0.4, 0.5) is 4.39 Å². The second kappa shape index (κ2) is 5.96. The monoisotopic (exact) mass is 363 g/mol. The van der Waals surface area contributed by atoms with E-state index in [0.717, 1.165) is 5.56 Å². The summed E-state index contributed by atoms with van der Waals surface area (Å²) in [4.78, 5) is 12.8. The Labute approximate surface area is 145 Å². The fourth-order valence-corrected chi connectivity index (χ4v) is 3.96. The van der Waals surface area contributed by atoms with Crippen LogP contribution >= 0.6 is 22.9 Å². The highest BCUT2D eigenvalue weighted by Gasteiger charge is 2.18. The van der Waals surface area contributed by atoms with Crippen molar-refractivity contribution in [2.24, 2.45) is 0 Å². The maximum Gasteiger partial charge on any atom is 0.263 e. The number of halogens is 2. The number of carbonyl (C=O) groups excluding carboxylic acids is 1. The lowest BCUT2D eigenvalue weighted by molar-refractivity contribution is 0.0955. The fraction of sp³-hybridized carbons (Fsp3) is 0.118. The first-order valence-corrected chi connectivity index (χ1v) is 8.35. The summed E-state index contributed by atoms with van der Waals surface area (Å²) in [5.41, 5.74) is 0.885. The standard InChI is InChI=1S/C17H11ClFNO3S/c18-15-11-3-2-10(19)6-14(11)24-16(15)17(21)20-7-9-1-4-12-13(5-9)23-8-22-12/h1-6H,7-8H2,(H,20,21). The van der Waals surface area contributed by atoms with E-state index < -0.39 is 0 Å². The van der Waals surface area contributed by atoms with Crippen molar-refractivity contribution in [3.63, 3.8) is 0 Å². The SMILES string of the molecule is O=C(NCc1ccc2c(c1)OCO2)c1sc2cc(F)ccc2c1Cl. The molecule has 0 saturated carbocycles. The number of fused-ring (bicyclic) bond motifs is 2. The lowest BCUT2D eigenvalue weighted by Gasteiger charge is -2.05. The first-order valence-electron chi connectivity index (χ1n) is 7.16. The van der Waals surface area contributed by atoms with Gasteiger partial charge in [-0.1, -0.05) is 17.7 Å². The molecule has 0 spiro atoms. The van der Waals surface area contributed by atoms with Crippen molar-refractivity contribution < 1.29 is 18.7 Å². The predicted molar refractivity (Wildman–Crippen MR) is 90.5 cm³/mol. The van der Waals surface area contributed by atoms with Crippen molar-refractivity contribution >= 4 is 38.9 Å². The number of hydrogen-bond acceptors (Lipinski definition) is 4. The molecular formula is C17H11ClFNO3S. The van der Waals surface area contributed by atoms with Gasteiger partial charge in [-0.2, -0.15) is 0 Å². The average molecular weight is 364 g/mol. The minimum Gasteiger partial charge on any atom is -0.454 e. The number of thiophene rings is 1. The number of amides is 1. The Hall–Kier alpha value is -2.31. The molecule has 0 saturated heterocycles.